The molecule has 0 aromatic heterocycles. The van der Waals surface area contributed by atoms with E-state index in [2.05, 4.69) is 63.0 Å². The summed E-state index contributed by atoms with van der Waals surface area (Å²) in [5, 5.41) is 0. The van der Waals surface area contributed by atoms with Gasteiger partial charge < -0.3 is 15.2 Å². The molecule has 42 heavy (non-hydrogen) atoms. The first-order chi connectivity index (χ1) is 20.3. The molecule has 1 aromatic carbocycles. The highest BCUT2D eigenvalue weighted by Gasteiger charge is 2.51. The highest BCUT2D eigenvalue weighted by atomic mass is 16.6. The number of amides is 1. The normalized spacial score (nSPS) is 27.0. The summed E-state index contributed by atoms with van der Waals surface area (Å²) in [5.41, 5.74) is 8.18. The van der Waals surface area contributed by atoms with E-state index in [4.69, 9.17) is 15.2 Å². The molecular formula is C37H57NO4. The molecule has 2 saturated carbocycles. The Balaban J connectivity index is 0.00000148. The molecule has 2 fully saturated rings. The maximum atomic E-state index is 13.4. The van der Waals surface area contributed by atoms with E-state index in [9.17, 15) is 9.59 Å². The van der Waals surface area contributed by atoms with Crippen molar-refractivity contribution in [3.8, 4) is 17.6 Å². The Morgan fingerprint density at radius 2 is 1.81 bits per heavy atom. The van der Waals surface area contributed by atoms with E-state index in [-0.39, 0.29) is 35.9 Å². The molecular weight excluding hydrogens is 522 g/mol. The molecule has 0 saturated heterocycles. The number of ether oxygens (including phenoxy) is 2. The first-order valence-electron chi connectivity index (χ1n) is 16.7. The van der Waals surface area contributed by atoms with Gasteiger partial charge in [-0.3, -0.25) is 9.59 Å². The highest BCUT2D eigenvalue weighted by molar-refractivity contribution is 5.84. The van der Waals surface area contributed by atoms with Crippen molar-refractivity contribution in [3.63, 3.8) is 0 Å². The van der Waals surface area contributed by atoms with E-state index in [1.165, 1.54) is 11.1 Å². The van der Waals surface area contributed by atoms with E-state index in [1.54, 1.807) is 0 Å². The van der Waals surface area contributed by atoms with Gasteiger partial charge in [0.25, 0.3) is 0 Å². The zero-order valence-electron chi connectivity index (χ0n) is 27.6. The van der Waals surface area contributed by atoms with Crippen molar-refractivity contribution in [3.05, 3.63) is 41.5 Å². The number of esters is 1. The second-order valence-corrected chi connectivity index (χ2v) is 11.7. The summed E-state index contributed by atoms with van der Waals surface area (Å²) < 4.78 is 12.8. The topological polar surface area (TPSA) is 78.6 Å². The number of primary amides is 1. The summed E-state index contributed by atoms with van der Waals surface area (Å²) in [6.45, 7) is 16.6. The van der Waals surface area contributed by atoms with Gasteiger partial charge in [0, 0.05) is 30.2 Å². The summed E-state index contributed by atoms with van der Waals surface area (Å²) >= 11 is 0. The summed E-state index contributed by atoms with van der Waals surface area (Å²) in [6.07, 6.45) is 12.3. The summed E-state index contributed by atoms with van der Waals surface area (Å²) in [5.74, 6) is 6.68. The van der Waals surface area contributed by atoms with Crippen molar-refractivity contribution in [1.82, 2.24) is 0 Å². The zero-order chi connectivity index (χ0) is 31.2. The summed E-state index contributed by atoms with van der Waals surface area (Å²) in [7, 11) is 0. The van der Waals surface area contributed by atoms with Gasteiger partial charge in [0.05, 0.1) is 11.8 Å². The van der Waals surface area contributed by atoms with Crippen LogP contribution in [0, 0.1) is 41.4 Å². The molecule has 0 spiro atoms. The van der Waals surface area contributed by atoms with Crippen molar-refractivity contribution in [2.24, 2.45) is 35.3 Å². The molecule has 3 aliphatic rings. The lowest BCUT2D eigenvalue weighted by atomic mass is 9.78. The van der Waals surface area contributed by atoms with Crippen LogP contribution in [0.25, 0.3) is 0 Å². The fourth-order valence-electron chi connectivity index (χ4n) is 6.57. The van der Waals surface area contributed by atoms with E-state index in [1.807, 2.05) is 34.6 Å². The first kappa shape index (κ1) is 35.5. The lowest BCUT2D eigenvalue weighted by molar-refractivity contribution is -0.160. The molecule has 8 atom stereocenters. The molecule has 234 valence electrons. The largest absolute Gasteiger partial charge is 0.489 e. The van der Waals surface area contributed by atoms with Crippen LogP contribution in [0.15, 0.2) is 30.4 Å². The lowest BCUT2D eigenvalue weighted by Gasteiger charge is -2.30. The Bertz CT molecular complexity index is 1080. The van der Waals surface area contributed by atoms with Crippen molar-refractivity contribution < 1.29 is 19.1 Å². The smallest absolute Gasteiger partial charge is 0.310 e. The number of allylic oxidation sites excluding steroid dienone is 1. The van der Waals surface area contributed by atoms with E-state index in [0.717, 1.165) is 44.3 Å². The molecule has 1 heterocycles. The SMILES string of the molecule is CC.CC.CC#CC[C@H](C)C(C)/C=C/[C@@H]1[C@H]2c3cccc(CCCC)c3O[C@H]2C[C@H]1OC(=O)C1CCCCC1C(N)=O. The van der Waals surface area contributed by atoms with Crippen LogP contribution in [0.5, 0.6) is 5.75 Å². The van der Waals surface area contributed by atoms with Gasteiger partial charge in [-0.2, -0.15) is 0 Å². The van der Waals surface area contributed by atoms with Crippen molar-refractivity contribution in [1.29, 1.82) is 0 Å². The third-order valence-electron chi connectivity index (χ3n) is 9.10. The number of para-hydroxylation sites is 1. The minimum Gasteiger partial charge on any atom is -0.489 e. The monoisotopic (exact) mass is 579 g/mol. The number of benzene rings is 1. The van der Waals surface area contributed by atoms with Crippen LogP contribution >= 0.6 is 0 Å². The first-order valence-corrected chi connectivity index (χ1v) is 16.7. The number of carbonyl (C=O) groups excluding carboxylic acids is 2. The number of fused-ring (bicyclic) bond motifs is 3. The molecule has 4 rings (SSSR count). The van der Waals surface area contributed by atoms with Crippen LogP contribution < -0.4 is 10.5 Å². The van der Waals surface area contributed by atoms with Crippen LogP contribution in [-0.4, -0.2) is 24.1 Å². The number of rotatable bonds is 10. The van der Waals surface area contributed by atoms with Gasteiger partial charge >= 0.3 is 5.97 Å². The number of aryl methyl sites for hydroxylation is 1. The van der Waals surface area contributed by atoms with Gasteiger partial charge in [-0.05, 0) is 50.0 Å². The number of hydrogen-bond donors (Lipinski definition) is 1. The predicted molar refractivity (Wildman–Crippen MR) is 173 cm³/mol. The predicted octanol–water partition coefficient (Wildman–Crippen LogP) is 8.39. The number of nitrogens with two attached hydrogens (primary N) is 1. The Morgan fingerprint density at radius 1 is 1.12 bits per heavy atom. The Labute approximate surface area is 256 Å². The fraction of sp³-hybridized carbons (Fsp3) is 0.676. The van der Waals surface area contributed by atoms with Crippen molar-refractivity contribution in [2.45, 2.75) is 131 Å². The Kier molecular flexibility index (Phi) is 15.2. The maximum Gasteiger partial charge on any atom is 0.310 e. The Hall–Kier alpha value is -2.74. The third kappa shape index (κ3) is 8.65. The quantitative estimate of drug-likeness (QED) is 0.171. The molecule has 1 aliphatic heterocycles. The average Bonchev–Trinajstić information content (AvgIpc) is 3.55. The summed E-state index contributed by atoms with van der Waals surface area (Å²) in [4.78, 5) is 25.5. The van der Waals surface area contributed by atoms with Gasteiger partial charge in [-0.15, -0.1) is 11.8 Å². The second-order valence-electron chi connectivity index (χ2n) is 11.7. The minimum absolute atomic E-state index is 0.0165. The van der Waals surface area contributed by atoms with Crippen LogP contribution in [0.1, 0.15) is 124 Å². The van der Waals surface area contributed by atoms with Gasteiger partial charge in [0.2, 0.25) is 5.91 Å². The fourth-order valence-corrected chi connectivity index (χ4v) is 6.57. The number of hydrogen-bond acceptors (Lipinski definition) is 4. The molecule has 0 radical (unpaired) electrons. The zero-order valence-corrected chi connectivity index (χ0v) is 27.6. The van der Waals surface area contributed by atoms with Gasteiger partial charge in [-0.1, -0.05) is 98.1 Å². The van der Waals surface area contributed by atoms with E-state index in [0.29, 0.717) is 31.1 Å². The molecule has 1 amide bonds. The molecule has 5 nitrogen and oxygen atoms in total. The number of carbonyl (C=O) groups is 2. The standard InChI is InChI=1S/C33H45NO4.2C2H6/c1-5-7-12-21(3)22(4)18-19-26-28(38-33(36)25-16-10-9-15-24(25)32(34)35)20-29-30(26)27-17-11-14-23(13-8-6-2)31(27)37-29;2*1-2/h11,14,17-19,21-22,24-26,28-30H,6,8-10,12-13,15-16,20H2,1-4H3,(H2,34,35);2*1-2H3/b19-18+;;/t21-,22?,24?,25?,26-,28+,29-,30-;;/m0../s1. The molecule has 0 bridgehead atoms. The van der Waals surface area contributed by atoms with Crippen LogP contribution in [0.4, 0.5) is 0 Å². The van der Waals surface area contributed by atoms with Gasteiger partial charge in [0.15, 0.2) is 0 Å². The molecule has 2 aliphatic carbocycles. The van der Waals surface area contributed by atoms with Gasteiger partial charge in [0.1, 0.15) is 18.0 Å². The number of unbranched alkanes of at least 4 members (excludes halogenated alkanes) is 1. The van der Waals surface area contributed by atoms with Crippen molar-refractivity contribution >= 4 is 11.9 Å². The lowest BCUT2D eigenvalue weighted by Crippen LogP contribution is -2.39. The molecule has 5 heteroatoms. The Morgan fingerprint density at radius 3 is 2.45 bits per heavy atom. The molecule has 2 N–H and O–H groups in total. The molecule has 1 aromatic rings. The summed E-state index contributed by atoms with van der Waals surface area (Å²) in [6, 6.07) is 6.51. The van der Waals surface area contributed by atoms with Gasteiger partial charge in [-0.25, -0.2) is 0 Å². The minimum atomic E-state index is -0.438. The van der Waals surface area contributed by atoms with E-state index < -0.39 is 11.8 Å². The average molecular weight is 580 g/mol. The van der Waals surface area contributed by atoms with Crippen LogP contribution in [0.3, 0.4) is 0 Å². The highest BCUT2D eigenvalue weighted by Crippen LogP contribution is 2.53. The second kappa shape index (κ2) is 18.0. The van der Waals surface area contributed by atoms with Crippen LogP contribution in [0.2, 0.25) is 0 Å². The molecule has 3 unspecified atom stereocenters. The maximum absolute atomic E-state index is 13.4. The van der Waals surface area contributed by atoms with Crippen LogP contribution in [-0.2, 0) is 20.7 Å². The van der Waals surface area contributed by atoms with Crippen molar-refractivity contribution in [2.75, 3.05) is 0 Å². The van der Waals surface area contributed by atoms with E-state index >= 15 is 0 Å². The third-order valence-corrected chi connectivity index (χ3v) is 9.10.